The number of carbonyl (C=O) groups excluding carboxylic acids is 1. The highest BCUT2D eigenvalue weighted by atomic mass is 35.5. The van der Waals surface area contributed by atoms with Crippen LogP contribution in [0, 0.1) is 0 Å². The number of anilines is 2. The number of benzene rings is 3. The van der Waals surface area contributed by atoms with Gasteiger partial charge in [0.25, 0.3) is 5.91 Å². The first-order chi connectivity index (χ1) is 18.5. The van der Waals surface area contributed by atoms with Gasteiger partial charge in [0.05, 0.1) is 24.2 Å². The molecule has 12 heteroatoms. The number of hydrogen-bond acceptors (Lipinski definition) is 5. The molecule has 1 heterocycles. The molecule has 0 bridgehead atoms. The maximum Gasteiger partial charge on any atom is 0.416 e. The standard InChI is InChI=1S/C27H20Cl2F3N3O3S/c28-20-11-16(12-21(29)13-20)14-35(22-7-3-18(4-8-22)25(38)33-10-9-24(36)37)26-34-23(15-39-26)17-1-5-19(6-2-17)27(30,31)32/h1-8,11-13,15H,9-10,14H2,(H,33,38)(H,36,37). The van der Waals surface area contributed by atoms with E-state index in [4.69, 9.17) is 28.3 Å². The van der Waals surface area contributed by atoms with Crippen LogP contribution in [0.1, 0.15) is 27.9 Å². The van der Waals surface area contributed by atoms with Crippen molar-refractivity contribution < 1.29 is 27.9 Å². The Hall–Kier alpha value is -3.60. The number of alkyl halides is 3. The van der Waals surface area contributed by atoms with Crippen molar-refractivity contribution in [1.82, 2.24) is 10.3 Å². The summed E-state index contributed by atoms with van der Waals surface area (Å²) in [5, 5.41) is 14.5. The molecule has 1 amide bonds. The maximum atomic E-state index is 13.0. The number of aromatic nitrogens is 1. The minimum atomic E-state index is -4.43. The second-order valence-electron chi connectivity index (χ2n) is 8.40. The monoisotopic (exact) mass is 593 g/mol. The third-order valence-corrected chi connectivity index (χ3v) is 6.86. The Morgan fingerprint density at radius 2 is 1.62 bits per heavy atom. The van der Waals surface area contributed by atoms with Gasteiger partial charge in [0.2, 0.25) is 0 Å². The van der Waals surface area contributed by atoms with Gasteiger partial charge in [0, 0.05) is 38.8 Å². The van der Waals surface area contributed by atoms with E-state index in [-0.39, 0.29) is 13.0 Å². The van der Waals surface area contributed by atoms with Crippen molar-refractivity contribution in [2.75, 3.05) is 11.4 Å². The number of nitrogens with one attached hydrogen (secondary N) is 1. The molecule has 6 nitrogen and oxygen atoms in total. The van der Waals surface area contributed by atoms with Crippen molar-refractivity contribution >= 4 is 57.2 Å². The van der Waals surface area contributed by atoms with Crippen LogP contribution < -0.4 is 10.2 Å². The van der Waals surface area contributed by atoms with Crippen LogP contribution in [0.5, 0.6) is 0 Å². The van der Waals surface area contributed by atoms with E-state index in [1.807, 2.05) is 4.90 Å². The van der Waals surface area contributed by atoms with Gasteiger partial charge in [-0.05, 0) is 60.2 Å². The largest absolute Gasteiger partial charge is 0.481 e. The summed E-state index contributed by atoms with van der Waals surface area (Å²) in [5.74, 6) is -1.42. The van der Waals surface area contributed by atoms with Crippen LogP contribution in [-0.2, 0) is 17.5 Å². The summed E-state index contributed by atoms with van der Waals surface area (Å²) in [6.07, 6.45) is -4.62. The summed E-state index contributed by atoms with van der Waals surface area (Å²) in [5.41, 5.74) is 2.11. The third-order valence-electron chi connectivity index (χ3n) is 5.56. The fourth-order valence-corrected chi connectivity index (χ4v) is 5.11. The molecule has 0 saturated heterocycles. The Balaban J connectivity index is 1.63. The van der Waals surface area contributed by atoms with Crippen LogP contribution in [0.4, 0.5) is 24.0 Å². The second kappa shape index (κ2) is 12.1. The third kappa shape index (κ3) is 7.50. The van der Waals surface area contributed by atoms with E-state index in [1.54, 1.807) is 47.8 Å². The van der Waals surface area contributed by atoms with E-state index in [0.717, 1.165) is 17.7 Å². The first-order valence-electron chi connectivity index (χ1n) is 11.5. The summed E-state index contributed by atoms with van der Waals surface area (Å²) in [7, 11) is 0. The molecule has 2 N–H and O–H groups in total. The van der Waals surface area contributed by atoms with Gasteiger partial charge in [0.15, 0.2) is 5.13 Å². The number of amides is 1. The molecule has 0 unspecified atom stereocenters. The quantitative estimate of drug-likeness (QED) is 0.208. The predicted octanol–water partition coefficient (Wildman–Crippen LogP) is 7.68. The number of carbonyl (C=O) groups is 2. The molecule has 0 fully saturated rings. The number of carboxylic acids is 1. The van der Waals surface area contributed by atoms with Crippen molar-refractivity contribution in [3.63, 3.8) is 0 Å². The van der Waals surface area contributed by atoms with Crippen molar-refractivity contribution in [1.29, 1.82) is 0 Å². The molecule has 202 valence electrons. The second-order valence-corrected chi connectivity index (χ2v) is 10.1. The Kier molecular flexibility index (Phi) is 8.79. The van der Waals surface area contributed by atoms with Gasteiger partial charge in [-0.1, -0.05) is 35.3 Å². The van der Waals surface area contributed by atoms with Crippen LogP contribution in [0.3, 0.4) is 0 Å². The molecule has 0 atom stereocenters. The zero-order chi connectivity index (χ0) is 28.2. The molecule has 0 spiro atoms. The number of rotatable bonds is 9. The summed E-state index contributed by atoms with van der Waals surface area (Å²) in [6.45, 7) is 0.313. The minimum Gasteiger partial charge on any atom is -0.481 e. The van der Waals surface area contributed by atoms with E-state index in [9.17, 15) is 22.8 Å². The maximum absolute atomic E-state index is 13.0. The number of hydrogen-bond donors (Lipinski definition) is 2. The number of halogens is 5. The lowest BCUT2D eigenvalue weighted by Gasteiger charge is -2.23. The van der Waals surface area contributed by atoms with Crippen molar-refractivity contribution in [2.45, 2.75) is 19.1 Å². The highest BCUT2D eigenvalue weighted by molar-refractivity contribution is 7.14. The fourth-order valence-electron chi connectivity index (χ4n) is 3.68. The summed E-state index contributed by atoms with van der Waals surface area (Å²) in [6, 6.07) is 16.6. The van der Waals surface area contributed by atoms with Gasteiger partial charge in [-0.15, -0.1) is 11.3 Å². The minimum absolute atomic E-state index is 0.00338. The van der Waals surface area contributed by atoms with Gasteiger partial charge >= 0.3 is 12.1 Å². The Labute approximate surface area is 235 Å². The van der Waals surface area contributed by atoms with Gasteiger partial charge in [-0.25, -0.2) is 4.98 Å². The molecule has 0 aliphatic heterocycles. The first kappa shape index (κ1) is 28.4. The average Bonchev–Trinajstić information content (AvgIpc) is 3.36. The molecular weight excluding hydrogens is 574 g/mol. The molecule has 0 saturated carbocycles. The molecular formula is C27H20Cl2F3N3O3S. The number of carboxylic acid groups (broad SMARTS) is 1. The first-order valence-corrected chi connectivity index (χ1v) is 13.1. The lowest BCUT2D eigenvalue weighted by molar-refractivity contribution is -0.138. The summed E-state index contributed by atoms with van der Waals surface area (Å²) in [4.78, 5) is 29.6. The van der Waals surface area contributed by atoms with Crippen LogP contribution in [0.15, 0.2) is 72.1 Å². The molecule has 4 rings (SSSR count). The average molecular weight is 594 g/mol. The lowest BCUT2D eigenvalue weighted by atomic mass is 10.1. The molecule has 39 heavy (non-hydrogen) atoms. The van der Waals surface area contributed by atoms with Gasteiger partial charge in [0.1, 0.15) is 0 Å². The van der Waals surface area contributed by atoms with Crippen LogP contribution in [0.2, 0.25) is 10.0 Å². The van der Waals surface area contributed by atoms with Gasteiger partial charge < -0.3 is 15.3 Å². The number of aliphatic carboxylic acids is 1. The van der Waals surface area contributed by atoms with Crippen molar-refractivity contribution in [2.24, 2.45) is 0 Å². The Bertz CT molecular complexity index is 1460. The van der Waals surface area contributed by atoms with E-state index in [1.165, 1.54) is 23.5 Å². The predicted molar refractivity (Wildman–Crippen MR) is 146 cm³/mol. The Morgan fingerprint density at radius 3 is 2.21 bits per heavy atom. The normalized spacial score (nSPS) is 11.3. The van der Waals surface area contributed by atoms with Crippen LogP contribution in [0.25, 0.3) is 11.3 Å². The number of nitrogens with zero attached hydrogens (tertiary/aromatic N) is 2. The van der Waals surface area contributed by atoms with Crippen LogP contribution in [-0.4, -0.2) is 28.5 Å². The van der Waals surface area contributed by atoms with Crippen LogP contribution >= 0.6 is 34.5 Å². The molecule has 0 aliphatic rings. The number of thiazole rings is 1. The zero-order valence-corrected chi connectivity index (χ0v) is 22.3. The highest BCUT2D eigenvalue weighted by Crippen LogP contribution is 2.36. The molecule has 3 aromatic carbocycles. The van der Waals surface area contributed by atoms with Gasteiger partial charge in [-0.3, -0.25) is 9.59 Å². The SMILES string of the molecule is O=C(O)CCNC(=O)c1ccc(N(Cc2cc(Cl)cc(Cl)c2)c2nc(-c3ccc(C(F)(F)F)cc3)cs2)cc1. The summed E-state index contributed by atoms with van der Waals surface area (Å²) < 4.78 is 38.9. The molecule has 4 aromatic rings. The molecule has 1 aromatic heterocycles. The summed E-state index contributed by atoms with van der Waals surface area (Å²) >= 11 is 13.7. The van der Waals surface area contributed by atoms with E-state index in [2.05, 4.69) is 10.3 Å². The van der Waals surface area contributed by atoms with Crippen molar-refractivity contribution in [3.05, 3.63) is 98.8 Å². The van der Waals surface area contributed by atoms with E-state index < -0.39 is 23.6 Å². The fraction of sp³-hybridized carbons (Fsp3) is 0.148. The molecule has 0 radical (unpaired) electrons. The Morgan fingerprint density at radius 1 is 0.974 bits per heavy atom. The van der Waals surface area contributed by atoms with E-state index >= 15 is 0 Å². The van der Waals surface area contributed by atoms with E-state index in [0.29, 0.717) is 44.2 Å². The highest BCUT2D eigenvalue weighted by Gasteiger charge is 2.30. The van der Waals surface area contributed by atoms with Gasteiger partial charge in [-0.2, -0.15) is 13.2 Å². The topological polar surface area (TPSA) is 82.5 Å². The lowest BCUT2D eigenvalue weighted by Crippen LogP contribution is -2.26. The smallest absolute Gasteiger partial charge is 0.416 e. The zero-order valence-electron chi connectivity index (χ0n) is 20.0. The molecule has 0 aliphatic carbocycles. The van der Waals surface area contributed by atoms with Crippen molar-refractivity contribution in [3.8, 4) is 11.3 Å².